The van der Waals surface area contributed by atoms with Crippen molar-refractivity contribution in [3.05, 3.63) is 77.1 Å². The predicted octanol–water partition coefficient (Wildman–Crippen LogP) is 2.63. The molecule has 1 aromatic heterocycles. The Hall–Kier alpha value is -4.86. The zero-order valence-electron chi connectivity index (χ0n) is 24.7. The molecule has 0 fully saturated rings. The van der Waals surface area contributed by atoms with Crippen LogP contribution < -0.4 is 21.1 Å². The number of aliphatic hydroxyl groups is 1. The molecular weight excluding hydrogens is 594 g/mol. The van der Waals surface area contributed by atoms with Gasteiger partial charge in [0.25, 0.3) is 21.9 Å². The lowest BCUT2D eigenvalue weighted by molar-refractivity contribution is 0.0697. The molecule has 15 heteroatoms. The van der Waals surface area contributed by atoms with Crippen molar-refractivity contribution in [1.29, 1.82) is 5.41 Å². The van der Waals surface area contributed by atoms with Gasteiger partial charge in [-0.2, -0.15) is 8.42 Å². The van der Waals surface area contributed by atoms with Crippen molar-refractivity contribution in [2.75, 3.05) is 25.3 Å². The molecule has 1 heterocycles. The van der Waals surface area contributed by atoms with E-state index in [0.29, 0.717) is 23.3 Å². The second-order valence-corrected chi connectivity index (χ2v) is 12.1. The highest BCUT2D eigenvalue weighted by atomic mass is 32.2. The normalized spacial score (nSPS) is 11.8. The number of nitrogens with zero attached hydrogens (tertiary/aromatic N) is 1. The van der Waals surface area contributed by atoms with Gasteiger partial charge in [-0.25, -0.2) is 4.79 Å². The van der Waals surface area contributed by atoms with Crippen molar-refractivity contribution in [3.8, 4) is 16.9 Å². The van der Waals surface area contributed by atoms with E-state index >= 15 is 0 Å². The number of benzene rings is 2. The number of anilines is 1. The molecule has 3 aromatic rings. The van der Waals surface area contributed by atoms with E-state index in [4.69, 9.17) is 20.4 Å². The molecule has 0 radical (unpaired) electrons. The number of aromatic carboxylic acids is 1. The summed E-state index contributed by atoms with van der Waals surface area (Å²) in [7, 11) is -2.23. The summed E-state index contributed by atoms with van der Waals surface area (Å²) in [4.78, 5) is 42.5. The molecular formula is C29H35N5O9S. The van der Waals surface area contributed by atoms with Gasteiger partial charge in [-0.15, -0.1) is 0 Å². The molecule has 0 saturated carbocycles. The number of aliphatic hydroxyl groups excluding tert-OH is 1. The summed E-state index contributed by atoms with van der Waals surface area (Å²) in [5.74, 6) is -2.23. The van der Waals surface area contributed by atoms with Crippen LogP contribution in [0.5, 0.6) is 5.75 Å². The number of carbonyl (C=O) groups is 3. The highest BCUT2D eigenvalue weighted by molar-refractivity contribution is 7.85. The van der Waals surface area contributed by atoms with Crippen molar-refractivity contribution in [2.24, 2.45) is 11.1 Å². The van der Waals surface area contributed by atoms with Crippen LogP contribution in [-0.2, 0) is 10.1 Å². The van der Waals surface area contributed by atoms with E-state index in [1.54, 1.807) is 12.1 Å². The van der Waals surface area contributed by atoms with Gasteiger partial charge in [0.15, 0.2) is 0 Å². The number of nitrogens with two attached hydrogens (primary N) is 1. The maximum Gasteiger partial charge on any atom is 0.336 e. The number of methoxy groups -OCH3 is 1. The lowest BCUT2D eigenvalue weighted by Crippen LogP contribution is -2.46. The van der Waals surface area contributed by atoms with Crippen LogP contribution in [0.3, 0.4) is 0 Å². The summed E-state index contributed by atoms with van der Waals surface area (Å²) in [6.07, 6.45) is 2.06. The van der Waals surface area contributed by atoms with Gasteiger partial charge in [0.1, 0.15) is 17.3 Å². The molecule has 44 heavy (non-hydrogen) atoms. The maximum absolute atomic E-state index is 13.3. The van der Waals surface area contributed by atoms with E-state index in [9.17, 15) is 33.0 Å². The molecule has 1 unspecified atom stereocenters. The van der Waals surface area contributed by atoms with Crippen molar-refractivity contribution in [2.45, 2.75) is 26.8 Å². The minimum absolute atomic E-state index is 0.0926. The van der Waals surface area contributed by atoms with E-state index in [2.05, 4.69) is 15.6 Å². The quantitative estimate of drug-likeness (QED) is 0.103. The van der Waals surface area contributed by atoms with E-state index in [0.717, 1.165) is 0 Å². The largest absolute Gasteiger partial charge is 0.497 e. The van der Waals surface area contributed by atoms with Gasteiger partial charge in [0.2, 0.25) is 0 Å². The van der Waals surface area contributed by atoms with Gasteiger partial charge >= 0.3 is 5.97 Å². The second-order valence-electron chi connectivity index (χ2n) is 10.6. The lowest BCUT2D eigenvalue weighted by atomic mass is 9.87. The molecule has 0 spiro atoms. The van der Waals surface area contributed by atoms with Crippen molar-refractivity contribution in [3.63, 3.8) is 0 Å². The third-order valence-electron chi connectivity index (χ3n) is 6.10. The molecule has 0 aliphatic heterocycles. The number of rotatable bonds is 9. The highest BCUT2D eigenvalue weighted by Crippen LogP contribution is 2.32. The average molecular weight is 630 g/mol. The number of carboxylic acid groups (broad SMARTS) is 1. The van der Waals surface area contributed by atoms with Gasteiger partial charge in [0, 0.05) is 5.56 Å². The number of ether oxygens (including phenoxy) is 1. The number of hydrogen-bond donors (Lipinski definition) is 7. The molecule has 8 N–H and O–H groups in total. The highest BCUT2D eigenvalue weighted by Gasteiger charge is 2.27. The van der Waals surface area contributed by atoms with E-state index in [1.807, 2.05) is 20.8 Å². The number of nitrogen functional groups attached to an aromatic ring is 1. The molecule has 0 bridgehead atoms. The van der Waals surface area contributed by atoms with Crippen LogP contribution >= 0.6 is 0 Å². The van der Waals surface area contributed by atoms with Crippen LogP contribution in [0.2, 0.25) is 0 Å². The Kier molecular flexibility index (Phi) is 11.7. The van der Waals surface area contributed by atoms with Crippen LogP contribution in [0.15, 0.2) is 54.7 Å². The number of amides is 2. The zero-order valence-corrected chi connectivity index (χ0v) is 25.5. The molecule has 236 valence electrons. The Morgan fingerprint density at radius 3 is 2.09 bits per heavy atom. The van der Waals surface area contributed by atoms with Gasteiger partial charge in [-0.05, 0) is 59.0 Å². The van der Waals surface area contributed by atoms with Crippen LogP contribution in [0, 0.1) is 10.8 Å². The number of hydrogen-bond acceptors (Lipinski definition) is 9. The number of aromatic nitrogens is 1. The molecule has 1 atom stereocenters. The van der Waals surface area contributed by atoms with E-state index < -0.39 is 39.4 Å². The Morgan fingerprint density at radius 2 is 1.61 bits per heavy atom. The summed E-state index contributed by atoms with van der Waals surface area (Å²) >= 11 is 0. The topological polar surface area (TPSA) is 242 Å². The van der Waals surface area contributed by atoms with Crippen molar-refractivity contribution >= 4 is 39.4 Å². The summed E-state index contributed by atoms with van der Waals surface area (Å²) in [6.45, 7) is 5.31. The lowest BCUT2D eigenvalue weighted by Gasteiger charge is -2.29. The second kappa shape index (κ2) is 14.5. The summed E-state index contributed by atoms with van der Waals surface area (Å²) in [5, 5.41) is 32.6. The van der Waals surface area contributed by atoms with Crippen molar-refractivity contribution in [1.82, 2.24) is 10.3 Å². The van der Waals surface area contributed by atoms with Crippen LogP contribution in [0.25, 0.3) is 11.1 Å². The SMILES string of the molecule is COc1ccc(-c2ccc(C(=O)NC(CO)C(C)(C)C)cc2C(=O)O)c(C(=O)Nc2ccc(C(=N)N)nc2)c1.CS(=O)(=O)O. The van der Waals surface area contributed by atoms with Gasteiger partial charge in [-0.3, -0.25) is 24.5 Å². The molecule has 0 aliphatic rings. The van der Waals surface area contributed by atoms with Crippen LogP contribution in [-0.4, -0.2) is 77.8 Å². The van der Waals surface area contributed by atoms with Crippen molar-refractivity contribution < 1.29 is 42.3 Å². The molecule has 0 saturated heterocycles. The Bertz CT molecular complexity index is 1640. The minimum atomic E-state index is -3.67. The number of carbonyl (C=O) groups excluding carboxylic acids is 2. The fraction of sp³-hybridized carbons (Fsp3) is 0.276. The standard InChI is InChI=1S/C28H31N5O6.CH4O3S/c1-28(2,3)23(14-34)33-25(35)15-5-8-19(21(11-15)27(37)38)18-9-7-17(39-4)12-20(18)26(36)32-16-6-10-22(24(29)30)31-13-16;1-5(2,3)4/h5-13,23,34H,14H2,1-4H3,(H3,29,30)(H,32,36)(H,33,35)(H,37,38);1H3,(H,2,3,4). The van der Waals surface area contributed by atoms with Gasteiger partial charge in [0.05, 0.1) is 49.0 Å². The molecule has 0 aliphatic carbocycles. The fourth-order valence-electron chi connectivity index (χ4n) is 3.77. The zero-order chi connectivity index (χ0) is 33.4. The smallest absolute Gasteiger partial charge is 0.336 e. The molecule has 3 rings (SSSR count). The minimum Gasteiger partial charge on any atom is -0.497 e. The Labute approximate surface area is 254 Å². The summed E-state index contributed by atoms with van der Waals surface area (Å²) < 4.78 is 31.1. The first kappa shape index (κ1) is 35.3. The first-order chi connectivity index (χ1) is 20.3. The van der Waals surface area contributed by atoms with Crippen LogP contribution in [0.4, 0.5) is 5.69 Å². The van der Waals surface area contributed by atoms with Crippen LogP contribution in [0.1, 0.15) is 57.5 Å². The monoisotopic (exact) mass is 629 g/mol. The third kappa shape index (κ3) is 10.1. The van der Waals surface area contributed by atoms with E-state index in [1.165, 1.54) is 49.7 Å². The Morgan fingerprint density at radius 1 is 1.02 bits per heavy atom. The number of pyridine rings is 1. The van der Waals surface area contributed by atoms with Gasteiger partial charge in [-0.1, -0.05) is 26.8 Å². The molecule has 2 aromatic carbocycles. The Balaban J connectivity index is 0.00000125. The van der Waals surface area contributed by atoms with E-state index in [-0.39, 0.29) is 40.4 Å². The van der Waals surface area contributed by atoms with Gasteiger partial charge < -0.3 is 31.3 Å². The first-order valence-electron chi connectivity index (χ1n) is 12.9. The summed E-state index contributed by atoms with van der Waals surface area (Å²) in [5.41, 5.74) is 6.13. The molecule has 2 amide bonds. The predicted molar refractivity (Wildman–Crippen MR) is 164 cm³/mol. The number of nitrogens with one attached hydrogen (secondary N) is 3. The average Bonchev–Trinajstić information content (AvgIpc) is 2.93. The molecule has 14 nitrogen and oxygen atoms in total. The maximum atomic E-state index is 13.3. The summed E-state index contributed by atoms with van der Waals surface area (Å²) in [6, 6.07) is 11.3. The fourth-order valence-corrected chi connectivity index (χ4v) is 3.77. The first-order valence-corrected chi connectivity index (χ1v) is 14.7. The third-order valence-corrected chi connectivity index (χ3v) is 6.10. The number of carboxylic acids is 1. The number of amidine groups is 1.